The van der Waals surface area contributed by atoms with Gasteiger partial charge in [-0.2, -0.15) is 19.6 Å². The highest BCUT2D eigenvalue weighted by Gasteiger charge is 2.51. The van der Waals surface area contributed by atoms with Crippen molar-refractivity contribution in [2.45, 2.75) is 155 Å². The Labute approximate surface area is 353 Å². The van der Waals surface area contributed by atoms with Gasteiger partial charge in [-0.15, -0.1) is 0 Å². The summed E-state index contributed by atoms with van der Waals surface area (Å²) in [4.78, 5) is 50.8. The Kier molecular flexibility index (Phi) is 14.0. The molecule has 0 N–H and O–H groups in total. The van der Waals surface area contributed by atoms with Crippen LogP contribution >= 0.6 is 0 Å². The lowest BCUT2D eigenvalue weighted by Gasteiger charge is -2.50. The summed E-state index contributed by atoms with van der Waals surface area (Å²) in [6.45, 7) is 20.9. The number of rotatable bonds is 18. The Hall–Kier alpha value is -3.44. The zero-order valence-electron chi connectivity index (χ0n) is 37.1. The highest BCUT2D eigenvalue weighted by Crippen LogP contribution is 2.53. The van der Waals surface area contributed by atoms with Gasteiger partial charge in [-0.3, -0.25) is 0 Å². The lowest BCUT2D eigenvalue weighted by atomic mass is 9.60. The summed E-state index contributed by atoms with van der Waals surface area (Å²) in [5, 5.41) is 0. The molecule has 59 heavy (non-hydrogen) atoms. The summed E-state index contributed by atoms with van der Waals surface area (Å²) in [6.07, 6.45) is 6.00. The van der Waals surface area contributed by atoms with E-state index in [1.807, 2.05) is 177 Å². The molecule has 0 aliphatic heterocycles. The highest BCUT2D eigenvalue weighted by molar-refractivity contribution is 5.23. The van der Waals surface area contributed by atoms with E-state index in [1.54, 1.807) is 0 Å². The van der Waals surface area contributed by atoms with Crippen LogP contribution in [0, 0.1) is 17.3 Å². The summed E-state index contributed by atoms with van der Waals surface area (Å²) in [5.41, 5.74) is 1.23. The highest BCUT2D eigenvalue weighted by atomic mass is 17.3. The minimum absolute atomic E-state index is 0.000978. The fourth-order valence-electron chi connectivity index (χ4n) is 8.57. The molecule has 4 aromatic carbocycles. The van der Waals surface area contributed by atoms with Crippen LogP contribution < -0.4 is 0 Å². The van der Waals surface area contributed by atoms with Gasteiger partial charge < -0.3 is 0 Å². The fourth-order valence-corrected chi connectivity index (χ4v) is 8.57. The zero-order chi connectivity index (χ0) is 42.4. The molecule has 8 heteroatoms. The Bertz CT molecular complexity index is 1610. The van der Waals surface area contributed by atoms with Gasteiger partial charge in [-0.25, -0.2) is 19.6 Å². The quantitative estimate of drug-likeness (QED) is 0.0559. The lowest BCUT2D eigenvalue weighted by molar-refractivity contribution is -0.553. The minimum Gasteiger partial charge on any atom is -0.223 e. The Morgan fingerprint density at radius 2 is 0.542 bits per heavy atom. The van der Waals surface area contributed by atoms with Gasteiger partial charge in [0.25, 0.3) is 0 Å². The van der Waals surface area contributed by atoms with Gasteiger partial charge in [0.05, 0.1) is 0 Å². The average molecular weight is 809 g/mol. The predicted molar refractivity (Wildman–Crippen MR) is 230 cm³/mol. The Balaban J connectivity index is 1.15. The molecule has 0 aromatic heterocycles. The average Bonchev–Trinajstić information content (AvgIpc) is 3.25. The maximum absolute atomic E-state index is 6.42. The van der Waals surface area contributed by atoms with Gasteiger partial charge in [0.2, 0.25) is 11.6 Å². The molecule has 2 aliphatic carbocycles. The molecule has 6 rings (SSSR count). The van der Waals surface area contributed by atoms with Crippen molar-refractivity contribution < 1.29 is 39.1 Å². The molecule has 0 spiro atoms. The number of benzene rings is 4. The molecule has 0 heterocycles. The largest absolute Gasteiger partial charge is 0.234 e. The lowest BCUT2D eigenvalue weighted by Crippen LogP contribution is -2.48. The van der Waals surface area contributed by atoms with Gasteiger partial charge in [0, 0.05) is 25.7 Å². The van der Waals surface area contributed by atoms with Crippen LogP contribution in [0.25, 0.3) is 0 Å². The topological polar surface area (TPSA) is 73.8 Å². The summed E-state index contributed by atoms with van der Waals surface area (Å²) in [7, 11) is 0. The fraction of sp³-hybridized carbons (Fsp3) is 0.529. The summed E-state index contributed by atoms with van der Waals surface area (Å²) < 4.78 is 0. The van der Waals surface area contributed by atoms with Crippen molar-refractivity contribution in [2.75, 3.05) is 0 Å². The smallest absolute Gasteiger partial charge is 0.223 e. The van der Waals surface area contributed by atoms with Crippen LogP contribution in [-0.4, -0.2) is 11.6 Å². The van der Waals surface area contributed by atoms with Gasteiger partial charge in [0.15, 0.2) is 0 Å². The van der Waals surface area contributed by atoms with Crippen LogP contribution in [0.2, 0.25) is 0 Å². The molecule has 8 nitrogen and oxygen atoms in total. The molecule has 0 amide bonds. The molecule has 4 aromatic rings. The molecular weight excluding hydrogens is 741 g/mol. The molecule has 0 radical (unpaired) electrons. The van der Waals surface area contributed by atoms with Crippen LogP contribution in [0.1, 0.15) is 143 Å². The molecule has 0 bridgehead atoms. The second kappa shape index (κ2) is 18.3. The molecular formula is C51H68O8. The van der Waals surface area contributed by atoms with Crippen molar-refractivity contribution in [1.29, 1.82) is 0 Å². The van der Waals surface area contributed by atoms with Crippen LogP contribution in [0.3, 0.4) is 0 Å². The van der Waals surface area contributed by atoms with E-state index in [9.17, 15) is 0 Å². The van der Waals surface area contributed by atoms with E-state index in [2.05, 4.69) is 13.8 Å². The van der Waals surface area contributed by atoms with E-state index in [0.29, 0.717) is 37.5 Å². The number of hydrogen-bond donors (Lipinski definition) is 0. The van der Waals surface area contributed by atoms with Crippen LogP contribution in [0.4, 0.5) is 0 Å². The summed E-state index contributed by atoms with van der Waals surface area (Å²) in [5.74, 6) is -1.35. The summed E-state index contributed by atoms with van der Waals surface area (Å²) >= 11 is 0. The molecule has 2 fully saturated rings. The first-order valence-corrected chi connectivity index (χ1v) is 21.6. The SMILES string of the molecule is CC(C)(OOC1(OOC(C)(C)c2ccccc2)CCC(C(C)(C)C2CCC(OOC(C)(C)c3ccccc3)(OOC(C)(C)c3ccccc3)CC2)CC1)c1ccccc1. The first-order valence-electron chi connectivity index (χ1n) is 21.6. The monoisotopic (exact) mass is 808 g/mol. The second-order valence-electron chi connectivity index (χ2n) is 19.4. The van der Waals surface area contributed by atoms with Gasteiger partial charge in [-0.05, 0) is 121 Å². The molecule has 2 aliphatic rings. The van der Waals surface area contributed by atoms with E-state index in [0.717, 1.165) is 47.9 Å². The third-order valence-electron chi connectivity index (χ3n) is 13.1. The van der Waals surface area contributed by atoms with E-state index in [-0.39, 0.29) is 5.41 Å². The van der Waals surface area contributed by atoms with E-state index < -0.39 is 34.0 Å². The third-order valence-corrected chi connectivity index (χ3v) is 13.1. The van der Waals surface area contributed by atoms with E-state index in [1.165, 1.54) is 0 Å². The first-order chi connectivity index (χ1) is 27.9. The standard InChI is InChI=1S/C51H68O8/c1-45(2,39-31-35-50(36-32-39,56-52-46(3,4)41-23-15-11-16-24-41)57-53-47(5,6)42-25-17-12-18-26-42)40-33-37-51(38-34-40,58-54-48(7,8)43-27-19-13-20-28-43)59-55-49(9,10)44-29-21-14-22-30-44/h11-30,39-40H,31-38H2,1-10H3. The van der Waals surface area contributed by atoms with Gasteiger partial charge >= 0.3 is 0 Å². The van der Waals surface area contributed by atoms with Crippen LogP contribution in [0.15, 0.2) is 121 Å². The molecule has 0 unspecified atom stereocenters. The molecule has 320 valence electrons. The first kappa shape index (κ1) is 45.1. The number of hydrogen-bond acceptors (Lipinski definition) is 8. The van der Waals surface area contributed by atoms with E-state index >= 15 is 0 Å². The van der Waals surface area contributed by atoms with Crippen LogP contribution in [0.5, 0.6) is 0 Å². The predicted octanol–water partition coefficient (Wildman–Crippen LogP) is 13.3. The van der Waals surface area contributed by atoms with Crippen molar-refractivity contribution in [3.05, 3.63) is 144 Å². The zero-order valence-corrected chi connectivity index (χ0v) is 37.1. The van der Waals surface area contributed by atoms with Crippen molar-refractivity contribution in [1.82, 2.24) is 0 Å². The Morgan fingerprint density at radius 3 is 0.746 bits per heavy atom. The minimum atomic E-state index is -1.08. The van der Waals surface area contributed by atoms with Crippen molar-refractivity contribution >= 4 is 0 Å². The normalized spacial score (nSPS) is 18.5. The maximum Gasteiger partial charge on any atom is 0.234 e. The maximum atomic E-state index is 6.42. The third kappa shape index (κ3) is 11.1. The van der Waals surface area contributed by atoms with Gasteiger partial charge in [-0.1, -0.05) is 135 Å². The molecule has 2 saturated carbocycles. The molecule has 0 atom stereocenters. The van der Waals surface area contributed by atoms with Crippen molar-refractivity contribution in [2.24, 2.45) is 17.3 Å². The second-order valence-corrected chi connectivity index (χ2v) is 19.4. The molecule has 0 saturated heterocycles. The van der Waals surface area contributed by atoms with Crippen molar-refractivity contribution in [3.63, 3.8) is 0 Å². The van der Waals surface area contributed by atoms with E-state index in [4.69, 9.17) is 39.1 Å². The van der Waals surface area contributed by atoms with Gasteiger partial charge in [0.1, 0.15) is 22.4 Å². The summed E-state index contributed by atoms with van der Waals surface area (Å²) in [6, 6.07) is 40.5. The van der Waals surface area contributed by atoms with Crippen molar-refractivity contribution in [3.8, 4) is 0 Å². The Morgan fingerprint density at radius 1 is 0.339 bits per heavy atom. The van der Waals surface area contributed by atoms with Crippen LogP contribution in [-0.2, 0) is 61.5 Å².